The predicted molar refractivity (Wildman–Crippen MR) is 57.4 cm³/mol. The lowest BCUT2D eigenvalue weighted by Crippen LogP contribution is -2.24. The highest BCUT2D eigenvalue weighted by Gasteiger charge is 2.03. The van der Waals surface area contributed by atoms with Crippen molar-refractivity contribution in [2.75, 3.05) is 19.4 Å². The van der Waals surface area contributed by atoms with Gasteiger partial charge in [-0.15, -0.1) is 0 Å². The smallest absolute Gasteiger partial charge is 0.319 e. The minimum atomic E-state index is -0.337. The zero-order valence-corrected chi connectivity index (χ0v) is 9.04. The van der Waals surface area contributed by atoms with Crippen molar-refractivity contribution in [2.45, 2.75) is 6.54 Å². The molecule has 0 radical (unpaired) electrons. The number of methoxy groups -OCH3 is 1. The molecule has 0 atom stereocenters. The number of esters is 1. The van der Waals surface area contributed by atoms with E-state index in [1.54, 1.807) is 12.1 Å². The molecule has 0 spiro atoms. The molecule has 1 heterocycles. The Balaban J connectivity index is 2.50. The van der Waals surface area contributed by atoms with Crippen molar-refractivity contribution in [1.29, 1.82) is 0 Å². The highest BCUT2D eigenvalue weighted by atomic mass is 35.5. The number of nitrogens with one attached hydrogen (secondary N) is 1. The summed E-state index contributed by atoms with van der Waals surface area (Å²) in [6, 6.07) is 3.28. The second-order valence-electron chi connectivity index (χ2n) is 2.85. The molecule has 1 aromatic rings. The largest absolute Gasteiger partial charge is 0.468 e. The lowest BCUT2D eigenvalue weighted by atomic mass is 10.3. The van der Waals surface area contributed by atoms with E-state index in [1.165, 1.54) is 7.11 Å². The minimum absolute atomic E-state index is 0.115. The monoisotopic (exact) mass is 229 g/mol. The maximum Gasteiger partial charge on any atom is 0.319 e. The van der Waals surface area contributed by atoms with Gasteiger partial charge in [0.2, 0.25) is 0 Å². The van der Waals surface area contributed by atoms with Crippen LogP contribution in [0, 0.1) is 0 Å². The fourth-order valence-corrected chi connectivity index (χ4v) is 1.15. The van der Waals surface area contributed by atoms with Gasteiger partial charge < -0.3 is 15.8 Å². The van der Waals surface area contributed by atoms with E-state index in [0.717, 1.165) is 0 Å². The molecule has 0 saturated carbocycles. The Hall–Kier alpha value is -1.33. The number of anilines is 1. The van der Waals surface area contributed by atoms with E-state index in [-0.39, 0.29) is 12.5 Å². The summed E-state index contributed by atoms with van der Waals surface area (Å²) in [7, 11) is 1.33. The SMILES string of the molecule is COC(=O)CNCc1nc(Cl)ccc1N. The van der Waals surface area contributed by atoms with Gasteiger partial charge in [0.05, 0.1) is 25.0 Å². The van der Waals surface area contributed by atoms with E-state index in [0.29, 0.717) is 23.1 Å². The predicted octanol–water partition coefficient (Wildman–Crippen LogP) is 0.580. The molecule has 0 aliphatic carbocycles. The van der Waals surface area contributed by atoms with Crippen LogP contribution in [-0.2, 0) is 16.1 Å². The zero-order chi connectivity index (χ0) is 11.3. The van der Waals surface area contributed by atoms with Crippen LogP contribution in [0.5, 0.6) is 0 Å². The summed E-state index contributed by atoms with van der Waals surface area (Å²) < 4.78 is 4.46. The molecule has 0 saturated heterocycles. The van der Waals surface area contributed by atoms with Gasteiger partial charge in [-0.1, -0.05) is 11.6 Å². The Morgan fingerprint density at radius 3 is 3.07 bits per heavy atom. The van der Waals surface area contributed by atoms with Crippen LogP contribution in [0.15, 0.2) is 12.1 Å². The first kappa shape index (κ1) is 11.7. The van der Waals surface area contributed by atoms with Gasteiger partial charge in [-0.05, 0) is 12.1 Å². The van der Waals surface area contributed by atoms with Crippen LogP contribution in [0.4, 0.5) is 5.69 Å². The average Bonchev–Trinajstić information content (AvgIpc) is 2.23. The summed E-state index contributed by atoms with van der Waals surface area (Å²) in [6.07, 6.45) is 0. The van der Waals surface area contributed by atoms with Crippen molar-refractivity contribution < 1.29 is 9.53 Å². The van der Waals surface area contributed by atoms with Crippen LogP contribution < -0.4 is 11.1 Å². The Labute approximate surface area is 92.6 Å². The van der Waals surface area contributed by atoms with Gasteiger partial charge in [-0.25, -0.2) is 4.98 Å². The van der Waals surface area contributed by atoms with Gasteiger partial charge in [0.15, 0.2) is 0 Å². The van der Waals surface area contributed by atoms with Crippen LogP contribution in [-0.4, -0.2) is 24.6 Å². The summed E-state index contributed by atoms with van der Waals surface area (Å²) in [5, 5.41) is 3.22. The highest BCUT2D eigenvalue weighted by Crippen LogP contribution is 2.12. The summed E-state index contributed by atoms with van der Waals surface area (Å²) >= 11 is 5.70. The molecular weight excluding hydrogens is 218 g/mol. The third kappa shape index (κ3) is 3.73. The van der Waals surface area contributed by atoms with Gasteiger partial charge in [0.1, 0.15) is 5.15 Å². The van der Waals surface area contributed by atoms with Crippen molar-refractivity contribution in [3.63, 3.8) is 0 Å². The van der Waals surface area contributed by atoms with Crippen LogP contribution in [0.1, 0.15) is 5.69 Å². The van der Waals surface area contributed by atoms with E-state index >= 15 is 0 Å². The lowest BCUT2D eigenvalue weighted by Gasteiger charge is -2.06. The number of pyridine rings is 1. The molecule has 1 aromatic heterocycles. The van der Waals surface area contributed by atoms with Gasteiger partial charge in [0.25, 0.3) is 0 Å². The Morgan fingerprint density at radius 2 is 2.40 bits per heavy atom. The average molecular weight is 230 g/mol. The number of hydrogen-bond donors (Lipinski definition) is 2. The quantitative estimate of drug-likeness (QED) is 0.583. The zero-order valence-electron chi connectivity index (χ0n) is 8.29. The molecule has 5 nitrogen and oxygen atoms in total. The first-order chi connectivity index (χ1) is 7.13. The Bertz CT molecular complexity index is 357. The molecule has 1 rings (SSSR count). The van der Waals surface area contributed by atoms with Gasteiger partial charge in [-0.3, -0.25) is 4.79 Å². The molecular formula is C9H12ClN3O2. The van der Waals surface area contributed by atoms with Gasteiger partial charge >= 0.3 is 5.97 Å². The fraction of sp³-hybridized carbons (Fsp3) is 0.333. The number of carbonyl (C=O) groups is 1. The molecule has 0 bridgehead atoms. The second kappa shape index (κ2) is 5.53. The normalized spacial score (nSPS) is 10.0. The Morgan fingerprint density at radius 1 is 1.67 bits per heavy atom. The first-order valence-electron chi connectivity index (χ1n) is 4.32. The number of carbonyl (C=O) groups excluding carboxylic acids is 1. The maximum absolute atomic E-state index is 10.8. The number of nitrogen functional groups attached to an aromatic ring is 1. The van der Waals surface area contributed by atoms with E-state index < -0.39 is 0 Å². The Kier molecular flexibility index (Phi) is 4.33. The first-order valence-corrected chi connectivity index (χ1v) is 4.69. The van der Waals surface area contributed by atoms with Crippen molar-refractivity contribution in [2.24, 2.45) is 0 Å². The van der Waals surface area contributed by atoms with E-state index in [1.807, 2.05) is 0 Å². The standard InChI is InChI=1S/C9H12ClN3O2/c1-15-9(14)5-12-4-7-6(11)2-3-8(10)13-7/h2-3,12H,4-5,11H2,1H3. The van der Waals surface area contributed by atoms with Crippen LogP contribution in [0.2, 0.25) is 5.15 Å². The highest BCUT2D eigenvalue weighted by molar-refractivity contribution is 6.29. The number of ether oxygens (including phenoxy) is 1. The summed E-state index contributed by atoms with van der Waals surface area (Å²) in [6.45, 7) is 0.492. The molecule has 0 aliphatic rings. The van der Waals surface area contributed by atoms with Crippen molar-refractivity contribution in [3.8, 4) is 0 Å². The number of nitrogens with zero attached hydrogens (tertiary/aromatic N) is 1. The second-order valence-corrected chi connectivity index (χ2v) is 3.24. The maximum atomic E-state index is 10.8. The van der Waals surface area contributed by atoms with Gasteiger partial charge in [0, 0.05) is 6.54 Å². The molecule has 3 N–H and O–H groups in total. The van der Waals surface area contributed by atoms with Crippen LogP contribution in [0.25, 0.3) is 0 Å². The lowest BCUT2D eigenvalue weighted by molar-refractivity contribution is -0.139. The van der Waals surface area contributed by atoms with E-state index in [4.69, 9.17) is 17.3 Å². The topological polar surface area (TPSA) is 77.2 Å². The number of rotatable bonds is 4. The summed E-state index contributed by atoms with van der Waals surface area (Å²) in [5.74, 6) is -0.337. The van der Waals surface area contributed by atoms with Gasteiger partial charge in [-0.2, -0.15) is 0 Å². The minimum Gasteiger partial charge on any atom is -0.468 e. The van der Waals surface area contributed by atoms with Crippen molar-refractivity contribution in [3.05, 3.63) is 23.0 Å². The third-order valence-corrected chi connectivity index (χ3v) is 1.98. The molecule has 15 heavy (non-hydrogen) atoms. The van der Waals surface area contributed by atoms with Crippen molar-refractivity contribution >= 4 is 23.3 Å². The van der Waals surface area contributed by atoms with E-state index in [9.17, 15) is 4.79 Å². The molecule has 0 unspecified atom stereocenters. The van der Waals surface area contributed by atoms with Crippen LogP contribution in [0.3, 0.4) is 0 Å². The van der Waals surface area contributed by atoms with Crippen LogP contribution >= 0.6 is 11.6 Å². The number of hydrogen-bond acceptors (Lipinski definition) is 5. The molecule has 6 heteroatoms. The number of halogens is 1. The third-order valence-electron chi connectivity index (χ3n) is 1.76. The molecule has 0 aromatic carbocycles. The number of aromatic nitrogens is 1. The fourth-order valence-electron chi connectivity index (χ4n) is 0.982. The summed E-state index contributed by atoms with van der Waals surface area (Å²) in [5.41, 5.74) is 6.82. The molecule has 0 amide bonds. The van der Waals surface area contributed by atoms with Crippen molar-refractivity contribution in [1.82, 2.24) is 10.3 Å². The molecule has 0 fully saturated rings. The summed E-state index contributed by atoms with van der Waals surface area (Å²) in [4.78, 5) is 14.8. The molecule has 0 aliphatic heterocycles. The molecule has 82 valence electrons. The number of nitrogens with two attached hydrogens (primary N) is 1. The van der Waals surface area contributed by atoms with E-state index in [2.05, 4.69) is 15.0 Å².